The molecule has 1 saturated carbocycles. The van der Waals surface area contributed by atoms with E-state index in [1.54, 1.807) is 6.20 Å². The van der Waals surface area contributed by atoms with Crippen molar-refractivity contribution in [1.29, 1.82) is 0 Å². The molecule has 0 radical (unpaired) electrons. The first-order valence-corrected chi connectivity index (χ1v) is 8.43. The maximum atomic E-state index is 5.55. The van der Waals surface area contributed by atoms with Gasteiger partial charge in [0.1, 0.15) is 11.5 Å². The van der Waals surface area contributed by atoms with Crippen LogP contribution in [-0.2, 0) is 0 Å². The molecular formula is C14H15Br2N5. The molecule has 0 unspecified atom stereocenters. The van der Waals surface area contributed by atoms with Gasteiger partial charge in [0.15, 0.2) is 5.82 Å². The molecule has 0 spiro atoms. The van der Waals surface area contributed by atoms with Gasteiger partial charge >= 0.3 is 0 Å². The fourth-order valence-corrected chi connectivity index (χ4v) is 3.82. The lowest BCUT2D eigenvalue weighted by Gasteiger charge is -2.12. The Labute approximate surface area is 140 Å². The van der Waals surface area contributed by atoms with Crippen LogP contribution in [0.3, 0.4) is 0 Å². The monoisotopic (exact) mass is 411 g/mol. The summed E-state index contributed by atoms with van der Waals surface area (Å²) in [5, 5.41) is 0. The predicted molar refractivity (Wildman–Crippen MR) is 89.7 cm³/mol. The molecule has 5 nitrogen and oxygen atoms in total. The Morgan fingerprint density at radius 1 is 1.14 bits per heavy atom. The van der Waals surface area contributed by atoms with Crippen LogP contribution in [0.15, 0.2) is 27.3 Å². The third kappa shape index (κ3) is 3.25. The van der Waals surface area contributed by atoms with Gasteiger partial charge in [-0.2, -0.15) is 0 Å². The van der Waals surface area contributed by atoms with Crippen LogP contribution in [0.4, 0.5) is 5.82 Å². The van der Waals surface area contributed by atoms with Gasteiger partial charge in [0.25, 0.3) is 0 Å². The first-order valence-electron chi connectivity index (χ1n) is 6.84. The van der Waals surface area contributed by atoms with Crippen molar-refractivity contribution in [3.8, 4) is 11.5 Å². The number of halogens is 2. The summed E-state index contributed by atoms with van der Waals surface area (Å²) in [4.78, 5) is 13.5. The van der Waals surface area contributed by atoms with Crippen molar-refractivity contribution < 1.29 is 0 Å². The number of anilines is 1. The number of aromatic nitrogens is 3. The van der Waals surface area contributed by atoms with Gasteiger partial charge in [-0.3, -0.25) is 4.98 Å². The molecule has 7 heteroatoms. The highest BCUT2D eigenvalue weighted by Crippen LogP contribution is 2.35. The molecule has 1 aliphatic rings. The molecular weight excluding hydrogens is 398 g/mol. The van der Waals surface area contributed by atoms with E-state index in [1.165, 1.54) is 25.7 Å². The Bertz CT molecular complexity index is 656. The summed E-state index contributed by atoms with van der Waals surface area (Å²) in [6.07, 6.45) is 6.61. The molecule has 0 saturated heterocycles. The minimum absolute atomic E-state index is 0.494. The Kier molecular flexibility index (Phi) is 4.51. The molecule has 0 amide bonds. The minimum atomic E-state index is 0.494. The summed E-state index contributed by atoms with van der Waals surface area (Å²) >= 11 is 6.91. The maximum absolute atomic E-state index is 5.55. The van der Waals surface area contributed by atoms with Gasteiger partial charge in [-0.1, -0.05) is 12.8 Å². The molecule has 0 bridgehead atoms. The van der Waals surface area contributed by atoms with Crippen molar-refractivity contribution in [2.45, 2.75) is 31.6 Å². The van der Waals surface area contributed by atoms with E-state index in [4.69, 9.17) is 10.8 Å². The average molecular weight is 413 g/mol. The van der Waals surface area contributed by atoms with Crippen molar-refractivity contribution in [3.05, 3.63) is 33.0 Å². The van der Waals surface area contributed by atoms with E-state index in [9.17, 15) is 0 Å². The molecule has 1 aliphatic carbocycles. The highest BCUT2D eigenvalue weighted by Gasteiger charge is 2.21. The Morgan fingerprint density at radius 2 is 1.90 bits per heavy atom. The second-order valence-electron chi connectivity index (χ2n) is 5.11. The van der Waals surface area contributed by atoms with Crippen LogP contribution in [0.1, 0.15) is 37.3 Å². The largest absolute Gasteiger partial charge is 0.308 e. The number of hydrazine groups is 1. The lowest BCUT2D eigenvalue weighted by molar-refractivity contribution is 0.695. The topological polar surface area (TPSA) is 76.7 Å². The molecule has 2 heterocycles. The number of hydrogen-bond donors (Lipinski definition) is 2. The number of nitrogens with zero attached hydrogens (tertiary/aromatic N) is 3. The first-order chi connectivity index (χ1) is 10.2. The zero-order valence-corrected chi connectivity index (χ0v) is 14.5. The Balaban J connectivity index is 2.06. The van der Waals surface area contributed by atoms with Gasteiger partial charge in [0, 0.05) is 32.8 Å². The quantitative estimate of drug-likeness (QED) is 0.588. The predicted octanol–water partition coefficient (Wildman–Crippen LogP) is 4.01. The van der Waals surface area contributed by atoms with E-state index in [-0.39, 0.29) is 0 Å². The summed E-state index contributed by atoms with van der Waals surface area (Å²) in [6.45, 7) is 0. The summed E-state index contributed by atoms with van der Waals surface area (Å²) in [5.74, 6) is 7.25. The second-order valence-corrected chi connectivity index (χ2v) is 6.88. The molecule has 2 aromatic heterocycles. The van der Waals surface area contributed by atoms with E-state index in [0.717, 1.165) is 20.3 Å². The number of hydrogen-bond acceptors (Lipinski definition) is 5. The molecule has 0 aliphatic heterocycles. The van der Waals surface area contributed by atoms with Crippen LogP contribution < -0.4 is 11.3 Å². The molecule has 2 aromatic rings. The van der Waals surface area contributed by atoms with E-state index in [1.807, 2.05) is 12.1 Å². The average Bonchev–Trinajstić information content (AvgIpc) is 3.01. The SMILES string of the molecule is NNc1cc(C2CCCC2)nc(-c2ncc(Br)cc2Br)n1. The van der Waals surface area contributed by atoms with E-state index in [2.05, 4.69) is 47.3 Å². The molecule has 1 fully saturated rings. The number of nitrogens with two attached hydrogens (primary N) is 1. The zero-order chi connectivity index (χ0) is 14.8. The third-order valence-corrected chi connectivity index (χ3v) is 4.73. The summed E-state index contributed by atoms with van der Waals surface area (Å²) in [6, 6.07) is 3.87. The van der Waals surface area contributed by atoms with Crippen molar-refractivity contribution in [2.24, 2.45) is 5.84 Å². The molecule has 110 valence electrons. The van der Waals surface area contributed by atoms with Crippen LogP contribution in [0, 0.1) is 0 Å². The van der Waals surface area contributed by atoms with Crippen LogP contribution in [0.5, 0.6) is 0 Å². The van der Waals surface area contributed by atoms with Crippen molar-refractivity contribution >= 4 is 37.7 Å². The van der Waals surface area contributed by atoms with Gasteiger partial charge in [-0.15, -0.1) is 0 Å². The molecule has 3 N–H and O–H groups in total. The van der Waals surface area contributed by atoms with Crippen molar-refractivity contribution in [3.63, 3.8) is 0 Å². The lowest BCUT2D eigenvalue weighted by Crippen LogP contribution is -2.11. The normalized spacial score (nSPS) is 15.4. The number of pyridine rings is 1. The maximum Gasteiger partial charge on any atom is 0.181 e. The molecule has 21 heavy (non-hydrogen) atoms. The number of nitrogens with one attached hydrogen (secondary N) is 1. The fraction of sp³-hybridized carbons (Fsp3) is 0.357. The zero-order valence-electron chi connectivity index (χ0n) is 11.3. The summed E-state index contributed by atoms with van der Waals surface area (Å²) in [5.41, 5.74) is 4.39. The summed E-state index contributed by atoms with van der Waals surface area (Å²) < 4.78 is 1.76. The Morgan fingerprint density at radius 3 is 2.57 bits per heavy atom. The van der Waals surface area contributed by atoms with Crippen LogP contribution in [-0.4, -0.2) is 15.0 Å². The second kappa shape index (κ2) is 6.37. The van der Waals surface area contributed by atoms with E-state index < -0.39 is 0 Å². The number of rotatable bonds is 3. The highest BCUT2D eigenvalue weighted by atomic mass is 79.9. The van der Waals surface area contributed by atoms with Gasteiger partial charge in [0.05, 0.1) is 0 Å². The van der Waals surface area contributed by atoms with E-state index >= 15 is 0 Å². The molecule has 0 atom stereocenters. The lowest BCUT2D eigenvalue weighted by atomic mass is 10.0. The summed E-state index contributed by atoms with van der Waals surface area (Å²) in [7, 11) is 0. The molecule has 3 rings (SSSR count). The Hall–Kier alpha value is -1.05. The van der Waals surface area contributed by atoms with Crippen LogP contribution in [0.2, 0.25) is 0 Å². The van der Waals surface area contributed by atoms with Gasteiger partial charge in [-0.05, 0) is 50.8 Å². The van der Waals surface area contributed by atoms with Gasteiger partial charge in [-0.25, -0.2) is 15.8 Å². The smallest absolute Gasteiger partial charge is 0.181 e. The van der Waals surface area contributed by atoms with Crippen LogP contribution >= 0.6 is 31.9 Å². The van der Waals surface area contributed by atoms with Crippen molar-refractivity contribution in [2.75, 3.05) is 5.43 Å². The van der Waals surface area contributed by atoms with Gasteiger partial charge in [0.2, 0.25) is 0 Å². The van der Waals surface area contributed by atoms with E-state index in [0.29, 0.717) is 17.6 Å². The van der Waals surface area contributed by atoms with Crippen LogP contribution in [0.25, 0.3) is 11.5 Å². The third-order valence-electron chi connectivity index (χ3n) is 3.69. The van der Waals surface area contributed by atoms with Gasteiger partial charge < -0.3 is 5.43 Å². The first kappa shape index (κ1) is 14.9. The number of nitrogen functional groups attached to an aromatic ring is 1. The molecule has 0 aromatic carbocycles. The van der Waals surface area contributed by atoms with Crippen molar-refractivity contribution in [1.82, 2.24) is 15.0 Å². The highest BCUT2D eigenvalue weighted by molar-refractivity contribution is 9.11. The fourth-order valence-electron chi connectivity index (χ4n) is 2.66. The standard InChI is InChI=1S/C14H15Br2N5/c15-9-5-10(16)13(18-7-9)14-19-11(6-12(20-14)21-17)8-3-1-2-4-8/h5-8H,1-4,17H2,(H,19,20,21). The minimum Gasteiger partial charge on any atom is -0.308 e.